The lowest BCUT2D eigenvalue weighted by molar-refractivity contribution is 0.267. The van der Waals surface area contributed by atoms with E-state index in [1.165, 1.54) is 16.4 Å². The van der Waals surface area contributed by atoms with E-state index in [2.05, 4.69) is 11.3 Å². The lowest BCUT2D eigenvalue weighted by Crippen LogP contribution is -2.43. The summed E-state index contributed by atoms with van der Waals surface area (Å²) < 4.78 is 52.1. The molecule has 9 heteroatoms. The number of benzene rings is 1. The zero-order valence-electron chi connectivity index (χ0n) is 13.1. The van der Waals surface area contributed by atoms with Gasteiger partial charge in [0, 0.05) is 25.0 Å². The van der Waals surface area contributed by atoms with Crippen molar-refractivity contribution in [3.05, 3.63) is 41.8 Å². The number of hydrogen-bond acceptors (Lipinski definition) is 5. The summed E-state index contributed by atoms with van der Waals surface area (Å²) in [5.41, 5.74) is 0.104. The Kier molecular flexibility index (Phi) is 5.77. The van der Waals surface area contributed by atoms with Gasteiger partial charge in [0.15, 0.2) is 0 Å². The van der Waals surface area contributed by atoms with Gasteiger partial charge in [0.2, 0.25) is 20.0 Å². The van der Waals surface area contributed by atoms with Gasteiger partial charge in [-0.3, -0.25) is 0 Å². The summed E-state index contributed by atoms with van der Waals surface area (Å²) in [5, 5.41) is 9.94. The number of nitrogens with zero attached hydrogens (tertiary/aromatic N) is 2. The van der Waals surface area contributed by atoms with Crippen LogP contribution in [0, 0.1) is 17.2 Å². The summed E-state index contributed by atoms with van der Waals surface area (Å²) in [6, 6.07) is 7.96. The molecule has 1 heterocycles. The van der Waals surface area contributed by atoms with Crippen molar-refractivity contribution in [3.8, 4) is 6.07 Å². The standard InChI is InChI=1S/C15H19N3O4S2/c1-2-23(19,20)17-11-13-6-5-9-18(12-13)24(21,22)15-8-4-3-7-14(15)10-16/h2-4,7-8,13,17H,1,5-6,9,11-12H2/t13-/m1/s1. The summed E-state index contributed by atoms with van der Waals surface area (Å²) in [6.45, 7) is 3.94. The fourth-order valence-electron chi connectivity index (χ4n) is 2.63. The molecule has 0 bridgehead atoms. The van der Waals surface area contributed by atoms with Gasteiger partial charge >= 0.3 is 0 Å². The van der Waals surface area contributed by atoms with Gasteiger partial charge in [0.1, 0.15) is 6.07 Å². The van der Waals surface area contributed by atoms with Crippen LogP contribution >= 0.6 is 0 Å². The van der Waals surface area contributed by atoms with Crippen molar-refractivity contribution in [2.24, 2.45) is 5.92 Å². The Balaban J connectivity index is 2.17. The van der Waals surface area contributed by atoms with Crippen molar-refractivity contribution in [1.29, 1.82) is 5.26 Å². The predicted molar refractivity (Wildman–Crippen MR) is 89.8 cm³/mol. The second kappa shape index (κ2) is 7.44. The Morgan fingerprint density at radius 2 is 2.04 bits per heavy atom. The van der Waals surface area contributed by atoms with Crippen LogP contribution in [0.2, 0.25) is 0 Å². The SMILES string of the molecule is C=CS(=O)(=O)NC[C@H]1CCCN(S(=O)(=O)c2ccccc2C#N)C1. The first-order valence-electron chi connectivity index (χ1n) is 7.41. The van der Waals surface area contributed by atoms with Crippen LogP contribution in [0.3, 0.4) is 0 Å². The van der Waals surface area contributed by atoms with E-state index in [0.29, 0.717) is 13.0 Å². The molecule has 0 amide bonds. The molecule has 24 heavy (non-hydrogen) atoms. The first-order valence-corrected chi connectivity index (χ1v) is 10.4. The molecule has 1 aliphatic rings. The van der Waals surface area contributed by atoms with Crippen LogP contribution in [0.15, 0.2) is 41.1 Å². The number of sulfonamides is 2. The Hall–Kier alpha value is -1.73. The van der Waals surface area contributed by atoms with Crippen LogP contribution in [0.25, 0.3) is 0 Å². The van der Waals surface area contributed by atoms with Gasteiger partial charge in [0.25, 0.3) is 0 Å². The van der Waals surface area contributed by atoms with E-state index >= 15 is 0 Å². The van der Waals surface area contributed by atoms with E-state index < -0.39 is 20.0 Å². The van der Waals surface area contributed by atoms with Crippen molar-refractivity contribution < 1.29 is 16.8 Å². The summed E-state index contributed by atoms with van der Waals surface area (Å²) >= 11 is 0. The number of hydrogen-bond donors (Lipinski definition) is 1. The highest BCUT2D eigenvalue weighted by Gasteiger charge is 2.31. The minimum atomic E-state index is -3.78. The topological polar surface area (TPSA) is 107 Å². The molecule has 0 radical (unpaired) electrons. The summed E-state index contributed by atoms with van der Waals surface area (Å²) in [4.78, 5) is -0.0141. The molecule has 1 saturated heterocycles. The quantitative estimate of drug-likeness (QED) is 0.805. The minimum absolute atomic E-state index is 0.0141. The number of rotatable bonds is 6. The lowest BCUT2D eigenvalue weighted by atomic mass is 10.0. The highest BCUT2D eigenvalue weighted by Crippen LogP contribution is 2.25. The maximum atomic E-state index is 12.8. The molecule has 1 fully saturated rings. The van der Waals surface area contributed by atoms with E-state index in [1.807, 2.05) is 6.07 Å². The van der Waals surface area contributed by atoms with Gasteiger partial charge < -0.3 is 0 Å². The molecule has 1 aromatic carbocycles. The van der Waals surface area contributed by atoms with Gasteiger partial charge in [-0.25, -0.2) is 21.6 Å². The zero-order chi connectivity index (χ0) is 17.8. The van der Waals surface area contributed by atoms with Crippen molar-refractivity contribution in [2.75, 3.05) is 19.6 Å². The summed E-state index contributed by atoms with van der Waals surface area (Å²) in [5.74, 6) is -0.127. The molecule has 0 aliphatic carbocycles. The fourth-order valence-corrected chi connectivity index (χ4v) is 4.91. The summed E-state index contributed by atoms with van der Waals surface area (Å²) in [7, 11) is -7.32. The van der Waals surface area contributed by atoms with Gasteiger partial charge in [-0.15, -0.1) is 0 Å². The molecule has 0 aromatic heterocycles. The van der Waals surface area contributed by atoms with Crippen molar-refractivity contribution in [3.63, 3.8) is 0 Å². The minimum Gasteiger partial charge on any atom is -0.211 e. The van der Waals surface area contributed by atoms with E-state index in [4.69, 9.17) is 5.26 Å². The molecule has 2 rings (SSSR count). The average molecular weight is 369 g/mol. The lowest BCUT2D eigenvalue weighted by Gasteiger charge is -2.32. The largest absolute Gasteiger partial charge is 0.244 e. The fraction of sp³-hybridized carbons (Fsp3) is 0.400. The first kappa shape index (κ1) is 18.6. The Morgan fingerprint density at radius 3 is 2.71 bits per heavy atom. The molecule has 0 unspecified atom stereocenters. The third kappa shape index (κ3) is 4.21. The van der Waals surface area contributed by atoms with E-state index in [9.17, 15) is 16.8 Å². The third-order valence-electron chi connectivity index (χ3n) is 3.90. The van der Waals surface area contributed by atoms with Crippen LogP contribution < -0.4 is 4.72 Å². The molecular formula is C15H19N3O4S2. The van der Waals surface area contributed by atoms with Gasteiger partial charge in [-0.1, -0.05) is 18.7 Å². The smallest absolute Gasteiger partial charge is 0.211 e. The van der Waals surface area contributed by atoms with Crippen molar-refractivity contribution in [2.45, 2.75) is 17.7 Å². The molecule has 1 aliphatic heterocycles. The average Bonchev–Trinajstić information content (AvgIpc) is 2.60. The highest BCUT2D eigenvalue weighted by molar-refractivity contribution is 7.92. The number of nitriles is 1. The third-order valence-corrected chi connectivity index (χ3v) is 6.83. The molecule has 1 aromatic rings. The van der Waals surface area contributed by atoms with E-state index in [0.717, 1.165) is 11.8 Å². The first-order chi connectivity index (χ1) is 11.3. The molecule has 1 N–H and O–H groups in total. The second-order valence-electron chi connectivity index (χ2n) is 5.54. The van der Waals surface area contributed by atoms with Crippen LogP contribution in [0.1, 0.15) is 18.4 Å². The number of nitrogens with one attached hydrogen (secondary N) is 1. The molecule has 1 atom stereocenters. The van der Waals surface area contributed by atoms with Crippen molar-refractivity contribution >= 4 is 20.0 Å². The Morgan fingerprint density at radius 1 is 1.33 bits per heavy atom. The highest BCUT2D eigenvalue weighted by atomic mass is 32.2. The molecular weight excluding hydrogens is 350 g/mol. The Bertz CT molecular complexity index is 857. The predicted octanol–water partition coefficient (Wildman–Crippen LogP) is 1.02. The monoisotopic (exact) mass is 369 g/mol. The van der Waals surface area contributed by atoms with Crippen LogP contribution in [0.5, 0.6) is 0 Å². The molecule has 0 saturated carbocycles. The van der Waals surface area contributed by atoms with Gasteiger partial charge in [-0.05, 0) is 30.9 Å². The molecule has 7 nitrogen and oxygen atoms in total. The van der Waals surface area contributed by atoms with E-state index in [1.54, 1.807) is 12.1 Å². The Labute approximate surface area is 142 Å². The van der Waals surface area contributed by atoms with Gasteiger partial charge in [0.05, 0.1) is 10.5 Å². The van der Waals surface area contributed by atoms with Crippen LogP contribution in [-0.4, -0.2) is 40.8 Å². The number of piperidine rings is 1. The maximum Gasteiger partial charge on any atom is 0.244 e. The normalized spacial score (nSPS) is 19.5. The molecule has 0 spiro atoms. The van der Waals surface area contributed by atoms with Gasteiger partial charge in [-0.2, -0.15) is 9.57 Å². The molecule has 130 valence electrons. The van der Waals surface area contributed by atoms with E-state index in [-0.39, 0.29) is 29.5 Å². The maximum absolute atomic E-state index is 12.8. The zero-order valence-corrected chi connectivity index (χ0v) is 14.7. The van der Waals surface area contributed by atoms with Crippen molar-refractivity contribution in [1.82, 2.24) is 9.03 Å². The summed E-state index contributed by atoms with van der Waals surface area (Å²) in [6.07, 6.45) is 1.36. The van der Waals surface area contributed by atoms with Crippen LogP contribution in [-0.2, 0) is 20.0 Å². The van der Waals surface area contributed by atoms with Crippen LogP contribution in [0.4, 0.5) is 0 Å². The second-order valence-corrected chi connectivity index (χ2v) is 9.16.